The van der Waals surface area contributed by atoms with Crippen LogP contribution in [0.4, 0.5) is 5.69 Å². The Morgan fingerprint density at radius 2 is 2.33 bits per heavy atom. The van der Waals surface area contributed by atoms with E-state index in [1.54, 1.807) is 0 Å². The van der Waals surface area contributed by atoms with Crippen LogP contribution in [0.1, 0.15) is 19.8 Å². The van der Waals surface area contributed by atoms with Crippen molar-refractivity contribution in [2.75, 3.05) is 5.75 Å². The smallest absolute Gasteiger partial charge is 0.258 e. The molecule has 15 heavy (non-hydrogen) atoms. The average Bonchev–Trinajstić information content (AvgIpc) is 2.17. The Bertz CT molecular complexity index is 360. The molecular weight excluding hydrogens is 236 g/mol. The average molecular weight is 247 g/mol. The Kier molecular flexibility index (Phi) is 4.84. The Labute approximate surface area is 97.2 Å². The summed E-state index contributed by atoms with van der Waals surface area (Å²) in [4.78, 5) is 14.1. The van der Waals surface area contributed by atoms with E-state index in [-0.39, 0.29) is 10.8 Å². The van der Waals surface area contributed by atoms with Gasteiger partial charge in [-0.2, -0.15) is 0 Å². The highest BCUT2D eigenvalue weighted by Crippen LogP contribution is 2.24. The first-order valence-electron chi connectivity index (χ1n) is 4.58. The third kappa shape index (κ3) is 4.05. The molecule has 0 atom stereocenters. The SMILES string of the molecule is CCCCSc1cc([N+](=O)[O-])cc(Cl)n1. The minimum absolute atomic E-state index is 0.00556. The van der Waals surface area contributed by atoms with Crippen LogP contribution in [0.15, 0.2) is 17.2 Å². The molecule has 1 heterocycles. The van der Waals surface area contributed by atoms with Crippen LogP contribution < -0.4 is 0 Å². The van der Waals surface area contributed by atoms with E-state index in [9.17, 15) is 10.1 Å². The van der Waals surface area contributed by atoms with Gasteiger partial charge in [-0.3, -0.25) is 10.1 Å². The Morgan fingerprint density at radius 1 is 1.60 bits per heavy atom. The second kappa shape index (κ2) is 5.92. The highest BCUT2D eigenvalue weighted by atomic mass is 35.5. The monoisotopic (exact) mass is 246 g/mol. The summed E-state index contributed by atoms with van der Waals surface area (Å²) in [6, 6.07) is 2.71. The van der Waals surface area contributed by atoms with Gasteiger partial charge in [-0.1, -0.05) is 24.9 Å². The summed E-state index contributed by atoms with van der Waals surface area (Å²) >= 11 is 7.17. The number of thioether (sulfide) groups is 1. The Morgan fingerprint density at radius 3 is 2.93 bits per heavy atom. The number of unbranched alkanes of at least 4 members (excludes halogenated alkanes) is 1. The van der Waals surface area contributed by atoms with Crippen molar-refractivity contribution in [1.82, 2.24) is 4.98 Å². The molecule has 0 aliphatic heterocycles. The van der Waals surface area contributed by atoms with Gasteiger partial charge in [0.2, 0.25) is 0 Å². The first kappa shape index (κ1) is 12.3. The number of halogens is 1. The second-order valence-electron chi connectivity index (χ2n) is 2.95. The molecule has 0 amide bonds. The molecule has 1 aromatic heterocycles. The van der Waals surface area contributed by atoms with Crippen LogP contribution in [0.5, 0.6) is 0 Å². The van der Waals surface area contributed by atoms with Gasteiger partial charge in [0.25, 0.3) is 5.69 Å². The van der Waals surface area contributed by atoms with Gasteiger partial charge >= 0.3 is 0 Å². The minimum Gasteiger partial charge on any atom is -0.258 e. The third-order valence-electron chi connectivity index (χ3n) is 1.71. The predicted octanol–water partition coefficient (Wildman–Crippen LogP) is 3.54. The van der Waals surface area contributed by atoms with Crippen molar-refractivity contribution in [1.29, 1.82) is 0 Å². The maximum atomic E-state index is 10.5. The molecule has 0 radical (unpaired) electrons. The molecule has 0 unspecified atom stereocenters. The molecule has 6 heteroatoms. The van der Waals surface area contributed by atoms with Gasteiger partial charge in [-0.05, 0) is 12.2 Å². The van der Waals surface area contributed by atoms with E-state index in [1.807, 2.05) is 0 Å². The lowest BCUT2D eigenvalue weighted by atomic mass is 10.4. The minimum atomic E-state index is -0.461. The van der Waals surface area contributed by atoms with E-state index in [2.05, 4.69) is 11.9 Å². The van der Waals surface area contributed by atoms with Gasteiger partial charge in [0.05, 0.1) is 11.0 Å². The van der Waals surface area contributed by atoms with Gasteiger partial charge in [0, 0.05) is 6.07 Å². The van der Waals surface area contributed by atoms with Gasteiger partial charge in [-0.15, -0.1) is 11.8 Å². The summed E-state index contributed by atoms with van der Waals surface area (Å²) < 4.78 is 0. The molecule has 0 aromatic carbocycles. The number of pyridine rings is 1. The lowest BCUT2D eigenvalue weighted by Crippen LogP contribution is -1.91. The molecule has 0 fully saturated rings. The number of aromatic nitrogens is 1. The van der Waals surface area contributed by atoms with Crippen molar-refractivity contribution in [2.24, 2.45) is 0 Å². The first-order chi connectivity index (χ1) is 7.13. The molecule has 0 saturated carbocycles. The summed E-state index contributed by atoms with van der Waals surface area (Å²) in [5, 5.41) is 11.3. The van der Waals surface area contributed by atoms with E-state index in [0.717, 1.165) is 18.6 Å². The van der Waals surface area contributed by atoms with Crippen LogP contribution in [-0.4, -0.2) is 15.7 Å². The summed E-state index contributed by atoms with van der Waals surface area (Å²) in [6.07, 6.45) is 2.16. The van der Waals surface area contributed by atoms with Gasteiger partial charge in [0.1, 0.15) is 10.2 Å². The molecule has 1 aromatic rings. The van der Waals surface area contributed by atoms with Crippen LogP contribution in [0.25, 0.3) is 0 Å². The van der Waals surface area contributed by atoms with E-state index >= 15 is 0 Å². The normalized spacial score (nSPS) is 10.3. The maximum Gasteiger partial charge on any atom is 0.275 e. The number of hydrogen-bond acceptors (Lipinski definition) is 4. The topological polar surface area (TPSA) is 56.0 Å². The van der Waals surface area contributed by atoms with Crippen molar-refractivity contribution >= 4 is 29.1 Å². The molecule has 82 valence electrons. The Hall–Kier alpha value is -0.810. The van der Waals surface area contributed by atoms with Crippen LogP contribution in [0.2, 0.25) is 5.15 Å². The zero-order chi connectivity index (χ0) is 11.3. The van der Waals surface area contributed by atoms with E-state index < -0.39 is 4.92 Å². The van der Waals surface area contributed by atoms with Crippen molar-refractivity contribution in [3.05, 3.63) is 27.4 Å². The number of nitrogens with zero attached hydrogens (tertiary/aromatic N) is 2. The van der Waals surface area contributed by atoms with Crippen molar-refractivity contribution in [3.8, 4) is 0 Å². The quantitative estimate of drug-likeness (QED) is 0.262. The van der Waals surface area contributed by atoms with E-state index in [4.69, 9.17) is 11.6 Å². The van der Waals surface area contributed by atoms with Crippen LogP contribution >= 0.6 is 23.4 Å². The third-order valence-corrected chi connectivity index (χ3v) is 2.91. The molecule has 4 nitrogen and oxygen atoms in total. The molecule has 0 aliphatic rings. The molecular formula is C9H11ClN2O2S. The second-order valence-corrected chi connectivity index (χ2v) is 4.45. The molecule has 0 N–H and O–H groups in total. The molecule has 0 aliphatic carbocycles. The summed E-state index contributed by atoms with van der Waals surface area (Å²) in [5.74, 6) is 0.904. The summed E-state index contributed by atoms with van der Waals surface area (Å²) in [5.41, 5.74) is -0.00556. The number of rotatable bonds is 5. The molecule has 0 saturated heterocycles. The first-order valence-corrected chi connectivity index (χ1v) is 5.94. The zero-order valence-corrected chi connectivity index (χ0v) is 9.85. The highest BCUT2D eigenvalue weighted by molar-refractivity contribution is 7.99. The van der Waals surface area contributed by atoms with Crippen molar-refractivity contribution < 1.29 is 4.92 Å². The van der Waals surface area contributed by atoms with Crippen molar-refractivity contribution in [2.45, 2.75) is 24.8 Å². The fraction of sp³-hybridized carbons (Fsp3) is 0.444. The van der Waals surface area contributed by atoms with Gasteiger partial charge in [0.15, 0.2) is 0 Å². The van der Waals surface area contributed by atoms with Crippen LogP contribution in [-0.2, 0) is 0 Å². The predicted molar refractivity (Wildman–Crippen MR) is 61.5 cm³/mol. The fourth-order valence-corrected chi connectivity index (χ4v) is 2.22. The number of hydrogen-bond donors (Lipinski definition) is 0. The molecule has 0 bridgehead atoms. The largest absolute Gasteiger partial charge is 0.275 e. The summed E-state index contributed by atoms with van der Waals surface area (Å²) in [7, 11) is 0. The lowest BCUT2D eigenvalue weighted by molar-refractivity contribution is -0.385. The van der Waals surface area contributed by atoms with Crippen LogP contribution in [0, 0.1) is 10.1 Å². The van der Waals surface area contributed by atoms with Crippen LogP contribution in [0.3, 0.4) is 0 Å². The maximum absolute atomic E-state index is 10.5. The summed E-state index contributed by atoms with van der Waals surface area (Å²) in [6.45, 7) is 2.09. The standard InChI is InChI=1S/C9H11ClN2O2S/c1-2-3-4-15-9-6-7(12(13)14)5-8(10)11-9/h5-6H,2-4H2,1H3. The van der Waals surface area contributed by atoms with Gasteiger partial charge in [-0.25, -0.2) is 4.98 Å². The Balaban J connectivity index is 2.75. The van der Waals surface area contributed by atoms with Gasteiger partial charge < -0.3 is 0 Å². The van der Waals surface area contributed by atoms with E-state index in [1.165, 1.54) is 23.9 Å². The zero-order valence-electron chi connectivity index (χ0n) is 8.27. The van der Waals surface area contributed by atoms with E-state index in [0.29, 0.717) is 5.03 Å². The van der Waals surface area contributed by atoms with Crippen molar-refractivity contribution in [3.63, 3.8) is 0 Å². The number of nitro groups is 1. The molecule has 0 spiro atoms. The highest BCUT2D eigenvalue weighted by Gasteiger charge is 2.10. The molecule has 1 rings (SSSR count). The lowest BCUT2D eigenvalue weighted by Gasteiger charge is -2.00. The fourth-order valence-electron chi connectivity index (χ4n) is 0.960.